The van der Waals surface area contributed by atoms with Crippen molar-refractivity contribution in [2.75, 3.05) is 6.61 Å². The van der Waals surface area contributed by atoms with Crippen molar-refractivity contribution in [1.29, 1.82) is 0 Å². The van der Waals surface area contributed by atoms with Gasteiger partial charge in [-0.15, -0.1) is 0 Å². The summed E-state index contributed by atoms with van der Waals surface area (Å²) in [6.07, 6.45) is 26.1. The minimum absolute atomic E-state index is 0.0766. The highest BCUT2D eigenvalue weighted by Crippen LogP contribution is 2.67. The van der Waals surface area contributed by atoms with E-state index in [0.29, 0.717) is 17.4 Å². The summed E-state index contributed by atoms with van der Waals surface area (Å²) >= 11 is 0. The third kappa shape index (κ3) is 7.69. The van der Waals surface area contributed by atoms with Crippen LogP contribution in [0, 0.1) is 46.3 Å². The zero-order valence-electron chi connectivity index (χ0n) is 26.4. The monoisotopic (exact) mass is 531 g/mol. The first-order chi connectivity index (χ1) is 18.2. The van der Waals surface area contributed by atoms with Gasteiger partial charge in [0, 0.05) is 6.61 Å². The Kier molecular flexibility index (Phi) is 12.7. The first-order valence-electron chi connectivity index (χ1n) is 17.2. The summed E-state index contributed by atoms with van der Waals surface area (Å²) in [5.41, 5.74) is 2.60. The Labute approximate surface area is 237 Å². The van der Waals surface area contributed by atoms with Crippen molar-refractivity contribution in [2.45, 2.75) is 163 Å². The number of rotatable bonds is 12. The van der Waals surface area contributed by atoms with Crippen LogP contribution in [0.15, 0.2) is 11.6 Å². The molecule has 4 aliphatic rings. The standard InChI is InChI=1S/C27H46O.C9H20O/c1-18(2)7-6-8-19(3)23-11-12-24-22-10-9-20-17-21(28)13-15-26(20,4)25(22)14-16-27(23,24)5;1-2-3-4-5-6-7-8-9-10/h9,18-19,21-25,28H,6-8,10-17H2,1-5H3;10H,2-9H2,1H3/t19?,21-,22-,23+,24-,25-,26-,27+;/m0./s1. The number of hydrogen-bond acceptors (Lipinski definition) is 2. The molecule has 0 heterocycles. The molecule has 38 heavy (non-hydrogen) atoms. The highest BCUT2D eigenvalue weighted by molar-refractivity contribution is 5.25. The topological polar surface area (TPSA) is 40.5 Å². The minimum atomic E-state index is -0.0766. The van der Waals surface area contributed by atoms with E-state index in [2.05, 4.69) is 47.6 Å². The summed E-state index contributed by atoms with van der Waals surface area (Å²) in [5.74, 6) is 5.46. The van der Waals surface area contributed by atoms with E-state index in [1.807, 2.05) is 0 Å². The molecule has 0 aliphatic heterocycles. The van der Waals surface area contributed by atoms with Crippen molar-refractivity contribution in [1.82, 2.24) is 0 Å². The summed E-state index contributed by atoms with van der Waals surface area (Å²) in [4.78, 5) is 0. The minimum Gasteiger partial charge on any atom is -0.396 e. The summed E-state index contributed by atoms with van der Waals surface area (Å²) in [5, 5.41) is 18.7. The second-order valence-corrected chi connectivity index (χ2v) is 15.0. The van der Waals surface area contributed by atoms with E-state index in [4.69, 9.17) is 5.11 Å². The van der Waals surface area contributed by atoms with Gasteiger partial charge in [0.2, 0.25) is 0 Å². The number of aliphatic hydroxyl groups is 2. The molecule has 0 bridgehead atoms. The average molecular weight is 531 g/mol. The van der Waals surface area contributed by atoms with Crippen LogP contribution in [0.25, 0.3) is 0 Å². The molecule has 0 saturated heterocycles. The number of fused-ring (bicyclic) bond motifs is 5. The largest absolute Gasteiger partial charge is 0.396 e. The predicted octanol–water partition coefficient (Wildman–Crippen LogP) is 10.1. The molecule has 1 unspecified atom stereocenters. The van der Waals surface area contributed by atoms with Crippen molar-refractivity contribution < 1.29 is 10.2 Å². The SMILES string of the molecule is CC(C)CCCC(C)[C@H]1CC[C@H]2[C@@H]3CC=C4C[C@@H](O)CC[C@]4(C)[C@H]3CC[C@]12C.CCCCCCCCCO. The normalized spacial score (nSPS) is 37.0. The van der Waals surface area contributed by atoms with Gasteiger partial charge in [0.05, 0.1) is 6.10 Å². The van der Waals surface area contributed by atoms with E-state index >= 15 is 0 Å². The van der Waals surface area contributed by atoms with Crippen molar-refractivity contribution in [3.05, 3.63) is 11.6 Å². The number of allylic oxidation sites excluding steroid dienone is 1. The van der Waals surface area contributed by atoms with Crippen LogP contribution < -0.4 is 0 Å². The Bertz CT molecular complexity index is 704. The third-order valence-corrected chi connectivity index (χ3v) is 12.0. The Morgan fingerprint density at radius 2 is 1.55 bits per heavy atom. The molecule has 0 aromatic rings. The molecular formula is C36H66O2. The predicted molar refractivity (Wildman–Crippen MR) is 164 cm³/mol. The number of hydrogen-bond donors (Lipinski definition) is 2. The smallest absolute Gasteiger partial charge is 0.0577 e. The molecular weight excluding hydrogens is 464 g/mol. The molecule has 222 valence electrons. The highest BCUT2D eigenvalue weighted by atomic mass is 16.3. The van der Waals surface area contributed by atoms with Gasteiger partial charge in [0.1, 0.15) is 0 Å². The van der Waals surface area contributed by atoms with E-state index in [0.717, 1.165) is 54.8 Å². The lowest BCUT2D eigenvalue weighted by molar-refractivity contribution is -0.0573. The van der Waals surface area contributed by atoms with Crippen molar-refractivity contribution >= 4 is 0 Å². The Morgan fingerprint density at radius 1 is 0.842 bits per heavy atom. The number of aliphatic hydroxyl groups excluding tert-OH is 2. The molecule has 2 heteroatoms. The van der Waals surface area contributed by atoms with Gasteiger partial charge in [-0.25, -0.2) is 0 Å². The summed E-state index contributed by atoms with van der Waals surface area (Å²) < 4.78 is 0. The lowest BCUT2D eigenvalue weighted by Gasteiger charge is -2.58. The summed E-state index contributed by atoms with van der Waals surface area (Å²) in [6.45, 7) is 15.2. The van der Waals surface area contributed by atoms with Crippen molar-refractivity contribution in [3.8, 4) is 0 Å². The quantitative estimate of drug-likeness (QED) is 0.195. The van der Waals surface area contributed by atoms with Crippen LogP contribution in [-0.2, 0) is 0 Å². The maximum atomic E-state index is 10.2. The van der Waals surface area contributed by atoms with Gasteiger partial charge >= 0.3 is 0 Å². The van der Waals surface area contributed by atoms with Crippen molar-refractivity contribution in [2.24, 2.45) is 46.3 Å². The van der Waals surface area contributed by atoms with Gasteiger partial charge in [-0.2, -0.15) is 0 Å². The second-order valence-electron chi connectivity index (χ2n) is 15.0. The van der Waals surface area contributed by atoms with Crippen LogP contribution in [0.5, 0.6) is 0 Å². The van der Waals surface area contributed by atoms with Crippen LogP contribution in [0.1, 0.15) is 157 Å². The first kappa shape index (κ1) is 32.2. The maximum Gasteiger partial charge on any atom is 0.0577 e. The fourth-order valence-electron chi connectivity index (χ4n) is 9.74. The zero-order valence-corrected chi connectivity index (χ0v) is 26.4. The van der Waals surface area contributed by atoms with Gasteiger partial charge in [0.25, 0.3) is 0 Å². The van der Waals surface area contributed by atoms with Gasteiger partial charge in [-0.3, -0.25) is 0 Å². The van der Waals surface area contributed by atoms with Gasteiger partial charge in [0.15, 0.2) is 0 Å². The molecule has 0 radical (unpaired) electrons. The zero-order chi connectivity index (χ0) is 27.8. The molecule has 2 N–H and O–H groups in total. The molecule has 0 aromatic carbocycles. The Balaban J connectivity index is 0.000000342. The molecule has 0 spiro atoms. The van der Waals surface area contributed by atoms with Crippen molar-refractivity contribution in [3.63, 3.8) is 0 Å². The molecule has 4 aliphatic carbocycles. The summed E-state index contributed by atoms with van der Waals surface area (Å²) in [7, 11) is 0. The Hall–Kier alpha value is -0.340. The first-order valence-corrected chi connectivity index (χ1v) is 17.2. The van der Waals surface area contributed by atoms with Gasteiger partial charge < -0.3 is 10.2 Å². The fraction of sp³-hybridized carbons (Fsp3) is 0.944. The lowest BCUT2D eigenvalue weighted by atomic mass is 9.47. The lowest BCUT2D eigenvalue weighted by Crippen LogP contribution is -2.50. The Morgan fingerprint density at radius 3 is 2.24 bits per heavy atom. The molecule has 3 saturated carbocycles. The maximum absolute atomic E-state index is 10.2. The van der Waals surface area contributed by atoms with Crippen LogP contribution in [0.2, 0.25) is 0 Å². The van der Waals surface area contributed by atoms with Gasteiger partial charge in [-0.1, -0.05) is 111 Å². The van der Waals surface area contributed by atoms with Crippen LogP contribution in [0.4, 0.5) is 0 Å². The average Bonchev–Trinajstić information content (AvgIpc) is 3.24. The van der Waals surface area contributed by atoms with E-state index < -0.39 is 0 Å². The molecule has 4 rings (SSSR count). The van der Waals surface area contributed by atoms with Crippen LogP contribution in [-0.4, -0.2) is 22.9 Å². The highest BCUT2D eigenvalue weighted by Gasteiger charge is 2.59. The molecule has 0 aromatic heterocycles. The van der Waals surface area contributed by atoms with E-state index in [1.165, 1.54) is 96.3 Å². The van der Waals surface area contributed by atoms with Crippen LogP contribution >= 0.6 is 0 Å². The molecule has 0 amide bonds. The molecule has 8 atom stereocenters. The van der Waals surface area contributed by atoms with Gasteiger partial charge in [-0.05, 0) is 104 Å². The third-order valence-electron chi connectivity index (χ3n) is 12.0. The molecule has 2 nitrogen and oxygen atoms in total. The van der Waals surface area contributed by atoms with Crippen LogP contribution in [0.3, 0.4) is 0 Å². The second kappa shape index (κ2) is 15.0. The fourth-order valence-corrected chi connectivity index (χ4v) is 9.74. The summed E-state index contributed by atoms with van der Waals surface area (Å²) in [6, 6.07) is 0. The molecule has 3 fully saturated rings. The van der Waals surface area contributed by atoms with E-state index in [9.17, 15) is 5.11 Å². The van der Waals surface area contributed by atoms with E-state index in [1.54, 1.807) is 5.57 Å². The van der Waals surface area contributed by atoms with E-state index in [-0.39, 0.29) is 6.10 Å². The number of unbranched alkanes of at least 4 members (excludes halogenated alkanes) is 6.